The van der Waals surface area contributed by atoms with Crippen LogP contribution in [0.4, 0.5) is 0 Å². The van der Waals surface area contributed by atoms with Crippen molar-refractivity contribution in [3.63, 3.8) is 0 Å². The average molecular weight is 478 g/mol. The second-order valence-corrected chi connectivity index (χ2v) is 8.28. The molecule has 186 valence electrons. The van der Waals surface area contributed by atoms with Crippen molar-refractivity contribution >= 4 is 11.9 Å². The van der Waals surface area contributed by atoms with Crippen LogP contribution in [0, 0.1) is 11.3 Å². The number of unbranched alkanes of at least 4 members (excludes halogenated alkanes) is 6. The van der Waals surface area contributed by atoms with E-state index in [2.05, 4.69) is 13.5 Å². The summed E-state index contributed by atoms with van der Waals surface area (Å²) in [4.78, 5) is 24.4. The van der Waals surface area contributed by atoms with E-state index in [0.29, 0.717) is 35.7 Å². The van der Waals surface area contributed by atoms with Gasteiger partial charge in [0.25, 0.3) is 0 Å². The Balaban J connectivity index is 1.81. The fourth-order valence-electron chi connectivity index (χ4n) is 3.38. The van der Waals surface area contributed by atoms with Crippen molar-refractivity contribution < 1.29 is 23.8 Å². The van der Waals surface area contributed by atoms with E-state index in [4.69, 9.17) is 14.2 Å². The fraction of sp³-hybridized carbons (Fsp3) is 0.414. The van der Waals surface area contributed by atoms with Gasteiger partial charge in [-0.05, 0) is 62.1 Å². The zero-order chi connectivity index (χ0) is 25.3. The lowest BCUT2D eigenvalue weighted by Crippen LogP contribution is -2.11. The van der Waals surface area contributed by atoms with E-state index in [9.17, 15) is 14.9 Å². The number of carbonyl (C=O) groups excluding carboxylic acids is 2. The van der Waals surface area contributed by atoms with Crippen LogP contribution in [-0.4, -0.2) is 18.5 Å². The summed E-state index contributed by atoms with van der Waals surface area (Å²) >= 11 is 0. The molecule has 6 nitrogen and oxygen atoms in total. The van der Waals surface area contributed by atoms with E-state index in [0.717, 1.165) is 44.9 Å². The second kappa shape index (κ2) is 16.1. The number of rotatable bonds is 16. The van der Waals surface area contributed by atoms with E-state index < -0.39 is 18.0 Å². The van der Waals surface area contributed by atoms with E-state index in [-0.39, 0.29) is 0 Å². The summed E-state index contributed by atoms with van der Waals surface area (Å²) in [5.41, 5.74) is 0.931. The molecule has 6 heteroatoms. The van der Waals surface area contributed by atoms with Crippen molar-refractivity contribution in [3.8, 4) is 17.6 Å². The minimum absolute atomic E-state index is 0.293. The highest BCUT2D eigenvalue weighted by Gasteiger charge is 2.16. The van der Waals surface area contributed by atoms with Crippen LogP contribution in [0.25, 0.3) is 0 Å². The molecule has 0 fully saturated rings. The Labute approximate surface area is 208 Å². The SMILES string of the molecule is C=CCCCCCCOc1ccc(C(=O)Oc2ccc([C@H](C#N)OC(=O)CCCCC)cc2)cc1. The summed E-state index contributed by atoms with van der Waals surface area (Å²) < 4.78 is 16.4. The Morgan fingerprint density at radius 3 is 2.29 bits per heavy atom. The first-order chi connectivity index (χ1) is 17.1. The predicted molar refractivity (Wildman–Crippen MR) is 135 cm³/mol. The molecule has 2 aromatic rings. The Kier molecular flexibility index (Phi) is 12.7. The lowest BCUT2D eigenvalue weighted by atomic mass is 10.1. The number of allylic oxidation sites excluding steroid dienone is 1. The van der Waals surface area contributed by atoms with Crippen LogP contribution in [0.1, 0.15) is 86.7 Å². The van der Waals surface area contributed by atoms with Crippen molar-refractivity contribution in [2.75, 3.05) is 6.61 Å². The van der Waals surface area contributed by atoms with Crippen LogP contribution in [0.5, 0.6) is 11.5 Å². The van der Waals surface area contributed by atoms with Gasteiger partial charge in [-0.25, -0.2) is 4.79 Å². The fourth-order valence-corrected chi connectivity index (χ4v) is 3.38. The summed E-state index contributed by atoms with van der Waals surface area (Å²) in [6.45, 7) is 6.42. The van der Waals surface area contributed by atoms with Gasteiger partial charge in [0.2, 0.25) is 6.10 Å². The van der Waals surface area contributed by atoms with Crippen molar-refractivity contribution in [2.45, 2.75) is 70.8 Å². The molecular formula is C29H35NO5. The van der Waals surface area contributed by atoms with E-state index in [1.54, 1.807) is 48.5 Å². The molecule has 0 bridgehead atoms. The molecule has 0 unspecified atom stereocenters. The zero-order valence-corrected chi connectivity index (χ0v) is 20.5. The first-order valence-corrected chi connectivity index (χ1v) is 12.3. The average Bonchev–Trinajstić information content (AvgIpc) is 2.88. The number of nitriles is 1. The summed E-state index contributed by atoms with van der Waals surface area (Å²) in [6.07, 6.45) is 9.42. The third kappa shape index (κ3) is 10.5. The number of esters is 2. The maximum atomic E-state index is 12.5. The predicted octanol–water partition coefficient (Wildman–Crippen LogP) is 7.11. The number of benzene rings is 2. The van der Waals surface area contributed by atoms with Gasteiger partial charge >= 0.3 is 11.9 Å². The number of hydrogen-bond donors (Lipinski definition) is 0. The van der Waals surface area contributed by atoms with E-state index >= 15 is 0 Å². The first-order valence-electron chi connectivity index (χ1n) is 12.3. The summed E-state index contributed by atoms with van der Waals surface area (Å²) in [6, 6.07) is 15.2. The molecule has 0 saturated heterocycles. The monoisotopic (exact) mass is 477 g/mol. The minimum Gasteiger partial charge on any atom is -0.494 e. The molecule has 0 radical (unpaired) electrons. The molecule has 0 N–H and O–H groups in total. The highest BCUT2D eigenvalue weighted by Crippen LogP contribution is 2.22. The molecule has 0 aliphatic rings. The second-order valence-electron chi connectivity index (χ2n) is 8.28. The van der Waals surface area contributed by atoms with Crippen molar-refractivity contribution in [1.82, 2.24) is 0 Å². The standard InChI is InChI=1S/C29H35NO5/c1-3-5-7-8-9-11-21-33-25-17-15-24(16-18-25)29(32)34-26-19-13-23(14-20-26)27(22-30)35-28(31)12-10-6-4-2/h3,13-20,27H,1,4-12,21H2,2H3/t27-/m0/s1. The van der Waals surface area contributed by atoms with Gasteiger partial charge in [0, 0.05) is 12.0 Å². The Morgan fingerprint density at radius 2 is 1.63 bits per heavy atom. The van der Waals surface area contributed by atoms with Gasteiger partial charge in [-0.3, -0.25) is 4.79 Å². The summed E-state index contributed by atoms with van der Waals surface area (Å²) in [7, 11) is 0. The van der Waals surface area contributed by atoms with Gasteiger partial charge in [-0.1, -0.05) is 50.8 Å². The number of ether oxygens (including phenoxy) is 3. The van der Waals surface area contributed by atoms with Gasteiger partial charge in [-0.2, -0.15) is 5.26 Å². The molecule has 1 atom stereocenters. The molecule has 0 heterocycles. The maximum Gasteiger partial charge on any atom is 0.343 e. The number of nitrogens with zero attached hydrogens (tertiary/aromatic N) is 1. The van der Waals surface area contributed by atoms with Gasteiger partial charge < -0.3 is 14.2 Å². The molecule has 35 heavy (non-hydrogen) atoms. The highest BCUT2D eigenvalue weighted by molar-refractivity contribution is 5.91. The van der Waals surface area contributed by atoms with E-state index in [1.807, 2.05) is 12.1 Å². The molecule has 0 spiro atoms. The van der Waals surface area contributed by atoms with Crippen LogP contribution in [0.3, 0.4) is 0 Å². The molecule has 2 aromatic carbocycles. The third-order valence-corrected chi connectivity index (χ3v) is 5.41. The number of carbonyl (C=O) groups is 2. The summed E-state index contributed by atoms with van der Waals surface area (Å²) in [5.74, 6) is 0.160. The van der Waals surface area contributed by atoms with Crippen molar-refractivity contribution in [1.29, 1.82) is 5.26 Å². The van der Waals surface area contributed by atoms with Crippen molar-refractivity contribution in [3.05, 3.63) is 72.3 Å². The van der Waals surface area contributed by atoms with Gasteiger partial charge in [0.15, 0.2) is 0 Å². The van der Waals surface area contributed by atoms with Crippen LogP contribution in [0.15, 0.2) is 61.2 Å². The molecule has 0 saturated carbocycles. The largest absolute Gasteiger partial charge is 0.494 e. The molecule has 0 aromatic heterocycles. The van der Waals surface area contributed by atoms with Crippen molar-refractivity contribution in [2.24, 2.45) is 0 Å². The lowest BCUT2D eigenvalue weighted by Gasteiger charge is -2.12. The molecule has 0 amide bonds. The first kappa shape index (κ1) is 27.7. The van der Waals surface area contributed by atoms with Crippen LogP contribution in [0.2, 0.25) is 0 Å². The van der Waals surface area contributed by atoms with Crippen LogP contribution >= 0.6 is 0 Å². The topological polar surface area (TPSA) is 85.6 Å². The van der Waals surface area contributed by atoms with Gasteiger partial charge in [-0.15, -0.1) is 6.58 Å². The molecular weight excluding hydrogens is 442 g/mol. The zero-order valence-electron chi connectivity index (χ0n) is 20.5. The molecule has 0 aliphatic heterocycles. The molecule has 0 aliphatic carbocycles. The maximum absolute atomic E-state index is 12.5. The smallest absolute Gasteiger partial charge is 0.343 e. The van der Waals surface area contributed by atoms with Gasteiger partial charge in [0.1, 0.15) is 17.6 Å². The Bertz CT molecular complexity index is 960. The van der Waals surface area contributed by atoms with Crippen LogP contribution < -0.4 is 9.47 Å². The normalized spacial score (nSPS) is 11.2. The van der Waals surface area contributed by atoms with E-state index in [1.165, 1.54) is 6.42 Å². The minimum atomic E-state index is -0.992. The Hall–Kier alpha value is -3.59. The highest BCUT2D eigenvalue weighted by atomic mass is 16.5. The number of hydrogen-bond acceptors (Lipinski definition) is 6. The van der Waals surface area contributed by atoms with Gasteiger partial charge in [0.05, 0.1) is 12.2 Å². The van der Waals surface area contributed by atoms with Crippen LogP contribution in [-0.2, 0) is 9.53 Å². The Morgan fingerprint density at radius 1 is 0.943 bits per heavy atom. The molecule has 2 rings (SSSR count). The quantitative estimate of drug-likeness (QED) is 0.111. The lowest BCUT2D eigenvalue weighted by molar-refractivity contribution is -0.147. The summed E-state index contributed by atoms with van der Waals surface area (Å²) in [5, 5.41) is 9.37. The third-order valence-electron chi connectivity index (χ3n) is 5.41.